The first-order chi connectivity index (χ1) is 15.0. The standard InChI is InChI=1S/C23H29N3O4S/c1-29-18-7-8-20(21(14-18)30-2)25-22(27)15-26-11-9-16(10-12-26)23(28)24-17-5-4-6-19(13-17)31-3/h4-8,13-14,16H,9-12,15H2,1-3H3,(H,24,28)(H,25,27). The van der Waals surface area contributed by atoms with Crippen molar-refractivity contribution in [3.63, 3.8) is 0 Å². The molecule has 2 aromatic carbocycles. The monoisotopic (exact) mass is 443 g/mol. The van der Waals surface area contributed by atoms with E-state index in [1.54, 1.807) is 44.2 Å². The lowest BCUT2D eigenvalue weighted by Gasteiger charge is -2.30. The van der Waals surface area contributed by atoms with E-state index in [9.17, 15) is 9.59 Å². The number of hydrogen-bond donors (Lipinski definition) is 2. The number of thioether (sulfide) groups is 1. The minimum atomic E-state index is -0.111. The smallest absolute Gasteiger partial charge is 0.238 e. The molecule has 2 amide bonds. The number of benzene rings is 2. The highest BCUT2D eigenvalue weighted by Gasteiger charge is 2.26. The first-order valence-corrected chi connectivity index (χ1v) is 11.4. The van der Waals surface area contributed by atoms with Crippen molar-refractivity contribution in [2.75, 3.05) is 50.7 Å². The normalized spacial score (nSPS) is 14.7. The largest absolute Gasteiger partial charge is 0.497 e. The van der Waals surface area contributed by atoms with Crippen molar-refractivity contribution in [1.82, 2.24) is 4.90 Å². The van der Waals surface area contributed by atoms with Crippen LogP contribution in [-0.4, -0.2) is 56.8 Å². The summed E-state index contributed by atoms with van der Waals surface area (Å²) in [6.45, 7) is 1.69. The molecule has 1 aliphatic heterocycles. The maximum atomic E-state index is 12.6. The summed E-state index contributed by atoms with van der Waals surface area (Å²) in [7, 11) is 3.13. The van der Waals surface area contributed by atoms with E-state index in [4.69, 9.17) is 9.47 Å². The number of anilines is 2. The van der Waals surface area contributed by atoms with Gasteiger partial charge in [-0.05, 0) is 62.5 Å². The van der Waals surface area contributed by atoms with E-state index < -0.39 is 0 Å². The Morgan fingerprint density at radius 3 is 2.52 bits per heavy atom. The van der Waals surface area contributed by atoms with Crippen LogP contribution in [0.1, 0.15) is 12.8 Å². The number of carbonyl (C=O) groups excluding carboxylic acids is 2. The Morgan fingerprint density at radius 1 is 1.06 bits per heavy atom. The number of nitrogens with zero attached hydrogens (tertiary/aromatic N) is 1. The van der Waals surface area contributed by atoms with Crippen LogP contribution in [0, 0.1) is 5.92 Å². The molecule has 0 unspecified atom stereocenters. The molecule has 31 heavy (non-hydrogen) atoms. The second-order valence-corrected chi connectivity index (χ2v) is 8.27. The Labute approximate surface area is 187 Å². The fourth-order valence-corrected chi connectivity index (χ4v) is 4.05. The van der Waals surface area contributed by atoms with Gasteiger partial charge in [-0.3, -0.25) is 14.5 Å². The van der Waals surface area contributed by atoms with Gasteiger partial charge in [0.05, 0.1) is 26.5 Å². The van der Waals surface area contributed by atoms with Crippen molar-refractivity contribution in [3.8, 4) is 11.5 Å². The zero-order valence-corrected chi connectivity index (χ0v) is 19.0. The Bertz CT molecular complexity index is 913. The molecule has 7 nitrogen and oxygen atoms in total. The lowest BCUT2D eigenvalue weighted by atomic mass is 9.96. The van der Waals surface area contributed by atoms with Crippen LogP contribution in [0.15, 0.2) is 47.4 Å². The summed E-state index contributed by atoms with van der Waals surface area (Å²) in [4.78, 5) is 28.3. The SMILES string of the molecule is COc1ccc(NC(=O)CN2CCC(C(=O)Nc3cccc(SC)c3)CC2)c(OC)c1. The van der Waals surface area contributed by atoms with Gasteiger partial charge in [0.1, 0.15) is 11.5 Å². The molecule has 0 saturated carbocycles. The molecule has 0 radical (unpaired) electrons. The van der Waals surface area contributed by atoms with Gasteiger partial charge in [-0.25, -0.2) is 0 Å². The van der Waals surface area contributed by atoms with Crippen molar-refractivity contribution < 1.29 is 19.1 Å². The number of likely N-dealkylation sites (tertiary alicyclic amines) is 1. The Balaban J connectivity index is 1.47. The summed E-state index contributed by atoms with van der Waals surface area (Å²) in [6, 6.07) is 13.1. The van der Waals surface area contributed by atoms with Gasteiger partial charge in [0.25, 0.3) is 0 Å². The average molecular weight is 444 g/mol. The number of amides is 2. The van der Waals surface area contributed by atoms with Crippen molar-refractivity contribution >= 4 is 35.0 Å². The predicted molar refractivity (Wildman–Crippen MR) is 124 cm³/mol. The Kier molecular flexibility index (Phi) is 8.20. The van der Waals surface area contributed by atoms with Crippen LogP contribution in [-0.2, 0) is 9.59 Å². The van der Waals surface area contributed by atoms with Crippen LogP contribution >= 0.6 is 11.8 Å². The average Bonchev–Trinajstić information content (AvgIpc) is 2.79. The summed E-state index contributed by atoms with van der Waals surface area (Å²) >= 11 is 1.65. The third-order valence-corrected chi connectivity index (χ3v) is 6.07. The van der Waals surface area contributed by atoms with Gasteiger partial charge < -0.3 is 20.1 Å². The van der Waals surface area contributed by atoms with Gasteiger partial charge in [0.15, 0.2) is 0 Å². The fraction of sp³-hybridized carbons (Fsp3) is 0.391. The van der Waals surface area contributed by atoms with E-state index in [0.717, 1.165) is 23.4 Å². The van der Waals surface area contributed by atoms with Gasteiger partial charge in [-0.1, -0.05) is 6.07 Å². The molecule has 166 valence electrons. The maximum Gasteiger partial charge on any atom is 0.238 e. The molecule has 8 heteroatoms. The minimum Gasteiger partial charge on any atom is -0.497 e. The summed E-state index contributed by atoms with van der Waals surface area (Å²) in [5.41, 5.74) is 1.43. The number of hydrogen-bond acceptors (Lipinski definition) is 6. The number of ether oxygens (including phenoxy) is 2. The van der Waals surface area contributed by atoms with Crippen molar-refractivity contribution in [2.24, 2.45) is 5.92 Å². The fourth-order valence-electron chi connectivity index (χ4n) is 3.59. The van der Waals surface area contributed by atoms with Crippen LogP contribution in [0.2, 0.25) is 0 Å². The molecular formula is C23H29N3O4S. The molecular weight excluding hydrogens is 414 g/mol. The van der Waals surface area contributed by atoms with Crippen molar-refractivity contribution in [1.29, 1.82) is 0 Å². The van der Waals surface area contributed by atoms with Gasteiger partial charge in [-0.15, -0.1) is 11.8 Å². The van der Waals surface area contributed by atoms with Gasteiger partial charge in [0, 0.05) is 22.6 Å². The van der Waals surface area contributed by atoms with Crippen LogP contribution in [0.5, 0.6) is 11.5 Å². The lowest BCUT2D eigenvalue weighted by Crippen LogP contribution is -2.41. The second kappa shape index (κ2) is 11.1. The highest BCUT2D eigenvalue weighted by molar-refractivity contribution is 7.98. The third-order valence-electron chi connectivity index (χ3n) is 5.35. The molecule has 0 aromatic heterocycles. The molecule has 0 bridgehead atoms. The number of nitrogens with one attached hydrogen (secondary N) is 2. The molecule has 1 saturated heterocycles. The van der Waals surface area contributed by atoms with Gasteiger partial charge in [-0.2, -0.15) is 0 Å². The zero-order valence-electron chi connectivity index (χ0n) is 18.1. The van der Waals surface area contributed by atoms with Gasteiger partial charge >= 0.3 is 0 Å². The Morgan fingerprint density at radius 2 is 1.84 bits per heavy atom. The molecule has 1 aliphatic rings. The molecule has 1 fully saturated rings. The molecule has 0 aliphatic carbocycles. The predicted octanol–water partition coefficient (Wildman–Crippen LogP) is 3.71. The molecule has 0 atom stereocenters. The quantitative estimate of drug-likeness (QED) is 0.606. The summed E-state index contributed by atoms with van der Waals surface area (Å²) in [6.07, 6.45) is 3.47. The van der Waals surface area contributed by atoms with Crippen LogP contribution in [0.4, 0.5) is 11.4 Å². The van der Waals surface area contributed by atoms with Gasteiger partial charge in [0.2, 0.25) is 11.8 Å². The second-order valence-electron chi connectivity index (χ2n) is 7.39. The van der Waals surface area contributed by atoms with E-state index in [1.165, 1.54) is 0 Å². The number of rotatable bonds is 8. The number of piperidine rings is 1. The molecule has 3 rings (SSSR count). The topological polar surface area (TPSA) is 79.9 Å². The molecule has 1 heterocycles. The number of carbonyl (C=O) groups is 2. The Hall–Kier alpha value is -2.71. The lowest BCUT2D eigenvalue weighted by molar-refractivity contribution is -0.121. The van der Waals surface area contributed by atoms with Crippen molar-refractivity contribution in [3.05, 3.63) is 42.5 Å². The first-order valence-electron chi connectivity index (χ1n) is 10.2. The van der Waals surface area contributed by atoms with E-state index in [-0.39, 0.29) is 24.3 Å². The van der Waals surface area contributed by atoms with Crippen LogP contribution in [0.3, 0.4) is 0 Å². The van der Waals surface area contributed by atoms with E-state index in [1.807, 2.05) is 30.5 Å². The first kappa shape index (κ1) is 23.0. The zero-order chi connectivity index (χ0) is 22.2. The highest BCUT2D eigenvalue weighted by Crippen LogP contribution is 2.29. The van der Waals surface area contributed by atoms with E-state index >= 15 is 0 Å². The van der Waals surface area contributed by atoms with Crippen molar-refractivity contribution in [2.45, 2.75) is 17.7 Å². The van der Waals surface area contributed by atoms with Crippen LogP contribution < -0.4 is 20.1 Å². The van der Waals surface area contributed by atoms with Crippen LogP contribution in [0.25, 0.3) is 0 Å². The summed E-state index contributed by atoms with van der Waals surface area (Å²) in [5, 5.41) is 5.92. The number of methoxy groups -OCH3 is 2. The molecule has 2 aromatic rings. The summed E-state index contributed by atoms with van der Waals surface area (Å²) in [5.74, 6) is 1.11. The molecule has 2 N–H and O–H groups in total. The molecule has 0 spiro atoms. The summed E-state index contributed by atoms with van der Waals surface area (Å²) < 4.78 is 10.5. The maximum absolute atomic E-state index is 12.6. The van der Waals surface area contributed by atoms with E-state index in [0.29, 0.717) is 30.3 Å². The highest BCUT2D eigenvalue weighted by atomic mass is 32.2. The van der Waals surface area contributed by atoms with E-state index in [2.05, 4.69) is 15.5 Å². The third kappa shape index (κ3) is 6.38. The minimum absolute atomic E-state index is 0.0427.